The van der Waals surface area contributed by atoms with Crippen molar-refractivity contribution in [3.05, 3.63) is 53.9 Å². The first-order valence-corrected chi connectivity index (χ1v) is 10.8. The molecule has 7 nitrogen and oxygen atoms in total. The fourth-order valence-electron chi connectivity index (χ4n) is 2.58. The summed E-state index contributed by atoms with van der Waals surface area (Å²) in [7, 11) is 2.57. The number of halogens is 2. The average Bonchev–Trinajstić information content (AvgIpc) is 3.30. The van der Waals surface area contributed by atoms with Crippen molar-refractivity contribution in [2.75, 3.05) is 19.5 Å². The lowest BCUT2D eigenvalue weighted by Gasteiger charge is -2.11. The molecule has 1 aromatic carbocycles. The Morgan fingerprint density at radius 3 is 2.27 bits per heavy atom. The van der Waals surface area contributed by atoms with E-state index in [0.29, 0.717) is 12.1 Å². The van der Waals surface area contributed by atoms with Crippen molar-refractivity contribution in [2.24, 2.45) is 0 Å². The lowest BCUT2D eigenvalue weighted by atomic mass is 10.2. The summed E-state index contributed by atoms with van der Waals surface area (Å²) in [5, 5.41) is 2.71. The Morgan fingerprint density at radius 2 is 1.76 bits per heavy atom. The average molecular weight is 469 g/mol. The summed E-state index contributed by atoms with van der Waals surface area (Å²) in [6.45, 7) is 9.94. The van der Waals surface area contributed by atoms with E-state index in [-0.39, 0.29) is 23.5 Å². The van der Waals surface area contributed by atoms with Gasteiger partial charge in [0.2, 0.25) is 5.82 Å². The maximum atomic E-state index is 12.5. The van der Waals surface area contributed by atoms with E-state index in [9.17, 15) is 18.4 Å². The number of aromatic nitrogens is 1. The molecule has 9 heteroatoms. The molecule has 0 spiro atoms. The molecule has 1 fully saturated rings. The van der Waals surface area contributed by atoms with Crippen LogP contribution in [-0.2, 0) is 14.3 Å². The second-order valence-electron chi connectivity index (χ2n) is 6.18. The van der Waals surface area contributed by atoms with Crippen LogP contribution < -0.4 is 10.1 Å². The Morgan fingerprint density at radius 1 is 1.09 bits per heavy atom. The molecule has 0 bridgehead atoms. The van der Waals surface area contributed by atoms with Gasteiger partial charge in [0.25, 0.3) is 5.91 Å². The zero-order chi connectivity index (χ0) is 25.4. The normalized spacial score (nSPS) is 15.9. The Bertz CT molecular complexity index is 864. The quantitative estimate of drug-likeness (QED) is 0.605. The first-order valence-electron chi connectivity index (χ1n) is 10.8. The zero-order valence-corrected chi connectivity index (χ0v) is 20.3. The largest absolute Gasteiger partial charge is 0.494 e. The van der Waals surface area contributed by atoms with E-state index in [2.05, 4.69) is 19.8 Å². The molecule has 2 aromatic rings. The monoisotopic (exact) mass is 468 g/mol. The summed E-state index contributed by atoms with van der Waals surface area (Å²) in [6, 6.07) is 6.87. The number of carbonyl (C=O) groups is 2. The second kappa shape index (κ2) is 16.5. The van der Waals surface area contributed by atoms with Gasteiger partial charge in [-0.25, -0.2) is 14.2 Å². The zero-order valence-electron chi connectivity index (χ0n) is 20.3. The second-order valence-corrected chi connectivity index (χ2v) is 6.18. The van der Waals surface area contributed by atoms with E-state index in [0.717, 1.165) is 12.5 Å². The summed E-state index contributed by atoms with van der Waals surface area (Å²) in [5.41, 5.74) is 0.657. The van der Waals surface area contributed by atoms with Crippen molar-refractivity contribution < 1.29 is 32.6 Å². The number of pyridine rings is 1. The van der Waals surface area contributed by atoms with E-state index in [1.54, 1.807) is 6.07 Å². The predicted molar refractivity (Wildman–Crippen MR) is 123 cm³/mol. The number of hydrogen-bond donors (Lipinski definition) is 1. The van der Waals surface area contributed by atoms with E-state index in [1.807, 2.05) is 34.6 Å². The van der Waals surface area contributed by atoms with E-state index in [4.69, 9.17) is 4.74 Å². The summed E-state index contributed by atoms with van der Waals surface area (Å²) in [6.07, 6.45) is 2.72. The highest BCUT2D eigenvalue weighted by Crippen LogP contribution is 2.21. The minimum Gasteiger partial charge on any atom is -0.494 e. The van der Waals surface area contributed by atoms with Crippen molar-refractivity contribution in [2.45, 2.75) is 59.7 Å². The lowest BCUT2D eigenvalue weighted by molar-refractivity contribution is -0.126. The maximum Gasteiger partial charge on any atom is 0.356 e. The van der Waals surface area contributed by atoms with Crippen LogP contribution in [0.4, 0.5) is 14.5 Å². The number of nitrogens with one attached hydrogen (secondary N) is 1. The van der Waals surface area contributed by atoms with Crippen LogP contribution in [0.15, 0.2) is 36.5 Å². The number of carbonyl (C=O) groups excluding carboxylic acids is 2. The van der Waals surface area contributed by atoms with Gasteiger partial charge in [0.1, 0.15) is 11.8 Å². The summed E-state index contributed by atoms with van der Waals surface area (Å²) >= 11 is 0. The van der Waals surface area contributed by atoms with Crippen LogP contribution in [0.25, 0.3) is 0 Å². The van der Waals surface area contributed by atoms with E-state index < -0.39 is 23.7 Å². The summed E-state index contributed by atoms with van der Waals surface area (Å²) in [5.74, 6) is -2.64. The van der Waals surface area contributed by atoms with Crippen LogP contribution in [0.3, 0.4) is 0 Å². The molecule has 1 aromatic heterocycles. The minimum atomic E-state index is -0.940. The number of anilines is 1. The number of benzene rings is 1. The molecule has 3 rings (SSSR count). The Labute approximate surface area is 194 Å². The fraction of sp³-hybridized carbons (Fsp3) is 0.458. The predicted octanol–water partition coefficient (Wildman–Crippen LogP) is 5.40. The molecular weight excluding hydrogens is 434 g/mol. The molecule has 2 unspecified atom stereocenters. The fourth-order valence-corrected chi connectivity index (χ4v) is 2.58. The molecule has 184 valence electrons. The standard InChI is InChI=1S/C13H16N2O4.C7H6F2O.2C2H6/c1-8-3-4-11(19-8)12(16)15-9-5-6-14-10(7-9)13(17)18-2;1-10-6-4-2-3-5(8)7(6)9;2*1-2/h5-8,11H,3-4H2,1-2H3,(H,14,15,16);2-4H,1H3;2*1-2H3. The number of methoxy groups -OCH3 is 2. The van der Waals surface area contributed by atoms with Gasteiger partial charge >= 0.3 is 5.97 Å². The number of amides is 1. The van der Waals surface area contributed by atoms with Crippen LogP contribution in [0.1, 0.15) is 57.9 Å². The first-order chi connectivity index (χ1) is 15.8. The van der Waals surface area contributed by atoms with Crippen LogP contribution in [-0.4, -0.2) is 43.3 Å². The molecule has 0 aliphatic carbocycles. The third kappa shape index (κ3) is 9.95. The molecule has 2 atom stereocenters. The highest BCUT2D eigenvalue weighted by Gasteiger charge is 2.28. The van der Waals surface area contributed by atoms with E-state index >= 15 is 0 Å². The summed E-state index contributed by atoms with van der Waals surface area (Å²) in [4.78, 5) is 27.1. The van der Waals surface area contributed by atoms with Crippen LogP contribution in [0.5, 0.6) is 5.75 Å². The Kier molecular flexibility index (Phi) is 15.0. The number of rotatable bonds is 4. The Hall–Kier alpha value is -3.07. The molecule has 33 heavy (non-hydrogen) atoms. The molecule has 0 saturated carbocycles. The number of hydrogen-bond acceptors (Lipinski definition) is 6. The van der Waals surface area contributed by atoms with Gasteiger partial charge in [-0.05, 0) is 44.0 Å². The molecule has 1 saturated heterocycles. The molecular formula is C24H34F2N2O5. The SMILES string of the molecule is CC.CC.COC(=O)c1cc(NC(=O)C2CCC(C)O2)ccn1.COc1cccc(F)c1F. The lowest BCUT2D eigenvalue weighted by Crippen LogP contribution is -2.27. The van der Waals surface area contributed by atoms with Crippen molar-refractivity contribution in [1.82, 2.24) is 4.98 Å². The first kappa shape index (κ1) is 29.9. The third-order valence-corrected chi connectivity index (χ3v) is 4.08. The summed E-state index contributed by atoms with van der Waals surface area (Å²) < 4.78 is 39.4. The van der Waals surface area contributed by atoms with Crippen molar-refractivity contribution >= 4 is 17.6 Å². The number of ether oxygens (including phenoxy) is 3. The van der Waals surface area contributed by atoms with Crippen LogP contribution in [0, 0.1) is 11.6 Å². The molecule has 1 aliphatic rings. The van der Waals surface area contributed by atoms with Gasteiger partial charge in [0.15, 0.2) is 11.6 Å². The topological polar surface area (TPSA) is 86.8 Å². The highest BCUT2D eigenvalue weighted by atomic mass is 19.2. The van der Waals surface area contributed by atoms with Gasteiger partial charge in [0.05, 0.1) is 20.3 Å². The molecule has 2 heterocycles. The molecule has 0 radical (unpaired) electrons. The van der Waals surface area contributed by atoms with Gasteiger partial charge in [-0.2, -0.15) is 4.39 Å². The minimum absolute atomic E-state index is 0.0694. The van der Waals surface area contributed by atoms with Gasteiger partial charge in [0, 0.05) is 11.9 Å². The smallest absolute Gasteiger partial charge is 0.356 e. The van der Waals surface area contributed by atoms with Crippen LogP contribution in [0.2, 0.25) is 0 Å². The third-order valence-electron chi connectivity index (χ3n) is 4.08. The van der Waals surface area contributed by atoms with Crippen LogP contribution >= 0.6 is 0 Å². The van der Waals surface area contributed by atoms with Gasteiger partial charge < -0.3 is 19.5 Å². The van der Waals surface area contributed by atoms with Gasteiger partial charge in [-0.3, -0.25) is 4.79 Å². The number of nitrogens with zero attached hydrogens (tertiary/aromatic N) is 1. The van der Waals surface area contributed by atoms with Crippen molar-refractivity contribution in [3.63, 3.8) is 0 Å². The Balaban J connectivity index is 0.000000617. The number of esters is 1. The highest BCUT2D eigenvalue weighted by molar-refractivity contribution is 5.95. The molecule has 1 N–H and O–H groups in total. The maximum absolute atomic E-state index is 12.5. The van der Waals surface area contributed by atoms with E-state index in [1.165, 1.54) is 38.6 Å². The van der Waals surface area contributed by atoms with Gasteiger partial charge in [-0.15, -0.1) is 0 Å². The van der Waals surface area contributed by atoms with Crippen molar-refractivity contribution in [1.29, 1.82) is 0 Å². The molecule has 1 aliphatic heterocycles. The van der Waals surface area contributed by atoms with Crippen molar-refractivity contribution in [3.8, 4) is 5.75 Å². The van der Waals surface area contributed by atoms with Gasteiger partial charge in [-0.1, -0.05) is 33.8 Å². The molecule has 1 amide bonds.